The standard InChI is InChI=1S/C19H21Cl2N3O/c1-14-17(9-10-18(25)23-11-3-2-4-12-23)19(21)24(22-14)13-15-5-7-16(20)8-6-15/h5-10H,2-4,11-13H2,1H3/b10-9+. The average Bonchev–Trinajstić information content (AvgIpc) is 2.89. The topological polar surface area (TPSA) is 38.1 Å². The van der Waals surface area contributed by atoms with Crippen LogP contribution in [0.5, 0.6) is 0 Å². The van der Waals surface area contributed by atoms with Crippen LogP contribution in [0.25, 0.3) is 6.08 Å². The number of nitrogens with zero attached hydrogens (tertiary/aromatic N) is 3. The summed E-state index contributed by atoms with van der Waals surface area (Å²) < 4.78 is 1.74. The van der Waals surface area contributed by atoms with Gasteiger partial charge in [-0.05, 0) is 50.0 Å². The summed E-state index contributed by atoms with van der Waals surface area (Å²) in [4.78, 5) is 14.2. The number of hydrogen-bond acceptors (Lipinski definition) is 2. The van der Waals surface area contributed by atoms with E-state index in [1.54, 1.807) is 16.8 Å². The van der Waals surface area contributed by atoms with Crippen molar-refractivity contribution in [3.05, 3.63) is 57.3 Å². The van der Waals surface area contributed by atoms with Crippen molar-refractivity contribution in [1.82, 2.24) is 14.7 Å². The van der Waals surface area contributed by atoms with E-state index < -0.39 is 0 Å². The van der Waals surface area contributed by atoms with Gasteiger partial charge in [0.2, 0.25) is 5.91 Å². The van der Waals surface area contributed by atoms with Gasteiger partial charge in [-0.2, -0.15) is 5.10 Å². The highest BCUT2D eigenvalue weighted by Gasteiger charge is 2.15. The van der Waals surface area contributed by atoms with Crippen molar-refractivity contribution in [2.45, 2.75) is 32.7 Å². The fourth-order valence-electron chi connectivity index (χ4n) is 3.00. The van der Waals surface area contributed by atoms with Gasteiger partial charge >= 0.3 is 0 Å². The fraction of sp³-hybridized carbons (Fsp3) is 0.368. The summed E-state index contributed by atoms with van der Waals surface area (Å²) in [6.45, 7) is 4.14. The maximum Gasteiger partial charge on any atom is 0.246 e. The van der Waals surface area contributed by atoms with Gasteiger partial charge in [-0.1, -0.05) is 35.3 Å². The van der Waals surface area contributed by atoms with Crippen LogP contribution in [0.3, 0.4) is 0 Å². The molecule has 1 fully saturated rings. The molecule has 1 aliphatic rings. The fourth-order valence-corrected chi connectivity index (χ4v) is 3.42. The van der Waals surface area contributed by atoms with Gasteiger partial charge < -0.3 is 4.90 Å². The number of aryl methyl sites for hydroxylation is 1. The first-order chi connectivity index (χ1) is 12.0. The van der Waals surface area contributed by atoms with Crippen LogP contribution in [-0.2, 0) is 11.3 Å². The van der Waals surface area contributed by atoms with Crippen molar-refractivity contribution in [2.24, 2.45) is 0 Å². The zero-order chi connectivity index (χ0) is 17.8. The monoisotopic (exact) mass is 377 g/mol. The van der Waals surface area contributed by atoms with Gasteiger partial charge in [-0.15, -0.1) is 0 Å². The molecule has 1 aromatic heterocycles. The molecule has 1 saturated heterocycles. The molecule has 0 radical (unpaired) electrons. The third kappa shape index (κ3) is 4.44. The van der Waals surface area contributed by atoms with Crippen molar-refractivity contribution in [1.29, 1.82) is 0 Å². The number of amides is 1. The maximum absolute atomic E-state index is 12.3. The second-order valence-corrected chi connectivity index (χ2v) is 7.09. The lowest BCUT2D eigenvalue weighted by Crippen LogP contribution is -2.34. The third-order valence-electron chi connectivity index (χ3n) is 4.42. The zero-order valence-electron chi connectivity index (χ0n) is 14.2. The summed E-state index contributed by atoms with van der Waals surface area (Å²) in [5.74, 6) is 0.0422. The summed E-state index contributed by atoms with van der Waals surface area (Å²) in [5.41, 5.74) is 2.66. The van der Waals surface area contributed by atoms with E-state index in [0.29, 0.717) is 16.7 Å². The molecule has 4 nitrogen and oxygen atoms in total. The number of piperidine rings is 1. The Bertz CT molecular complexity index is 775. The predicted octanol–water partition coefficient (Wildman–Crippen LogP) is 4.57. The third-order valence-corrected chi connectivity index (χ3v) is 5.07. The van der Waals surface area contributed by atoms with Crippen molar-refractivity contribution < 1.29 is 4.79 Å². The van der Waals surface area contributed by atoms with Crippen LogP contribution in [-0.4, -0.2) is 33.7 Å². The number of carbonyl (C=O) groups excluding carboxylic acids is 1. The molecule has 6 heteroatoms. The lowest BCUT2D eigenvalue weighted by Gasteiger charge is -2.25. The summed E-state index contributed by atoms with van der Waals surface area (Å²) >= 11 is 12.4. The van der Waals surface area contributed by atoms with Crippen molar-refractivity contribution >= 4 is 35.2 Å². The Morgan fingerprint density at radius 2 is 1.84 bits per heavy atom. The molecule has 2 aromatic rings. The smallest absolute Gasteiger partial charge is 0.246 e. The maximum atomic E-state index is 12.3. The normalized spacial score (nSPS) is 15.1. The van der Waals surface area contributed by atoms with Gasteiger partial charge in [0.05, 0.1) is 12.2 Å². The first kappa shape index (κ1) is 18.0. The van der Waals surface area contributed by atoms with E-state index in [-0.39, 0.29) is 5.91 Å². The number of halogens is 2. The number of aromatic nitrogens is 2. The summed E-state index contributed by atoms with van der Waals surface area (Å²) in [7, 11) is 0. The van der Waals surface area contributed by atoms with E-state index in [4.69, 9.17) is 23.2 Å². The molecule has 0 spiro atoms. The SMILES string of the molecule is Cc1nn(Cc2ccc(Cl)cc2)c(Cl)c1/C=C/C(=O)N1CCCCC1. The molecule has 25 heavy (non-hydrogen) atoms. The molecule has 0 atom stereocenters. The quantitative estimate of drug-likeness (QED) is 0.731. The molecule has 0 unspecified atom stereocenters. The highest BCUT2D eigenvalue weighted by molar-refractivity contribution is 6.31. The Morgan fingerprint density at radius 1 is 1.16 bits per heavy atom. The Hall–Kier alpha value is -1.78. The summed E-state index contributed by atoms with van der Waals surface area (Å²) in [5, 5.41) is 5.73. The second kappa shape index (κ2) is 8.07. The van der Waals surface area contributed by atoms with Crippen molar-refractivity contribution in [3.8, 4) is 0 Å². The first-order valence-electron chi connectivity index (χ1n) is 8.49. The second-order valence-electron chi connectivity index (χ2n) is 6.29. The minimum Gasteiger partial charge on any atom is -0.339 e. The molecule has 0 saturated carbocycles. The Balaban J connectivity index is 1.73. The number of rotatable bonds is 4. The molecular formula is C19H21Cl2N3O. The van der Waals surface area contributed by atoms with Crippen LogP contribution < -0.4 is 0 Å². The Labute approximate surface area is 158 Å². The van der Waals surface area contributed by atoms with Gasteiger partial charge in [-0.25, -0.2) is 4.68 Å². The highest BCUT2D eigenvalue weighted by Crippen LogP contribution is 2.23. The van der Waals surface area contributed by atoms with Gasteiger partial charge in [0.25, 0.3) is 0 Å². The Kier molecular flexibility index (Phi) is 5.82. The molecule has 1 aromatic carbocycles. The number of carbonyl (C=O) groups is 1. The molecule has 0 N–H and O–H groups in total. The van der Waals surface area contributed by atoms with E-state index in [9.17, 15) is 4.79 Å². The molecule has 1 aliphatic heterocycles. The molecule has 0 bridgehead atoms. The van der Waals surface area contributed by atoms with Crippen LogP contribution in [0, 0.1) is 6.92 Å². The van der Waals surface area contributed by atoms with Crippen LogP contribution in [0.1, 0.15) is 36.1 Å². The predicted molar refractivity (Wildman–Crippen MR) is 102 cm³/mol. The highest BCUT2D eigenvalue weighted by atomic mass is 35.5. The van der Waals surface area contributed by atoms with Crippen LogP contribution in [0.2, 0.25) is 10.2 Å². The number of likely N-dealkylation sites (tertiary alicyclic amines) is 1. The molecule has 1 amide bonds. The van der Waals surface area contributed by atoms with Gasteiger partial charge in [0.1, 0.15) is 5.15 Å². The molecular weight excluding hydrogens is 357 g/mol. The van der Waals surface area contributed by atoms with E-state index in [1.807, 2.05) is 36.1 Å². The van der Waals surface area contributed by atoms with Gasteiger partial charge in [0, 0.05) is 29.8 Å². The van der Waals surface area contributed by atoms with Crippen molar-refractivity contribution in [2.75, 3.05) is 13.1 Å². The Morgan fingerprint density at radius 3 is 2.52 bits per heavy atom. The van der Waals surface area contributed by atoms with Crippen LogP contribution in [0.15, 0.2) is 30.3 Å². The lowest BCUT2D eigenvalue weighted by molar-refractivity contribution is -0.126. The zero-order valence-corrected chi connectivity index (χ0v) is 15.7. The molecule has 0 aliphatic carbocycles. The molecule has 3 rings (SSSR count). The first-order valence-corrected chi connectivity index (χ1v) is 9.24. The minimum atomic E-state index is 0.0422. The number of benzene rings is 1. The van der Waals surface area contributed by atoms with E-state index >= 15 is 0 Å². The van der Waals surface area contributed by atoms with Crippen LogP contribution >= 0.6 is 23.2 Å². The lowest BCUT2D eigenvalue weighted by atomic mass is 10.1. The number of hydrogen-bond donors (Lipinski definition) is 0. The van der Waals surface area contributed by atoms with E-state index in [0.717, 1.165) is 42.8 Å². The van der Waals surface area contributed by atoms with Crippen molar-refractivity contribution in [3.63, 3.8) is 0 Å². The largest absolute Gasteiger partial charge is 0.339 e. The minimum absolute atomic E-state index is 0.0422. The van der Waals surface area contributed by atoms with Gasteiger partial charge in [0.15, 0.2) is 0 Å². The van der Waals surface area contributed by atoms with Gasteiger partial charge in [-0.3, -0.25) is 4.79 Å². The van der Waals surface area contributed by atoms with E-state index in [2.05, 4.69) is 5.10 Å². The van der Waals surface area contributed by atoms with E-state index in [1.165, 1.54) is 6.42 Å². The molecule has 132 valence electrons. The average molecular weight is 378 g/mol. The van der Waals surface area contributed by atoms with Crippen LogP contribution in [0.4, 0.5) is 0 Å². The summed E-state index contributed by atoms with van der Waals surface area (Å²) in [6, 6.07) is 7.59. The summed E-state index contributed by atoms with van der Waals surface area (Å²) in [6.07, 6.45) is 6.75. The molecule has 2 heterocycles.